The topological polar surface area (TPSA) is 73.9 Å². The number of carbonyl (C=O) groups excluding carboxylic acids is 2. The lowest BCUT2D eigenvalue weighted by atomic mass is 9.99. The highest BCUT2D eigenvalue weighted by Gasteiger charge is 2.39. The Morgan fingerprint density at radius 2 is 2.00 bits per heavy atom. The average molecular weight is 245 g/mol. The van der Waals surface area contributed by atoms with Crippen LogP contribution in [0.3, 0.4) is 0 Å². The Kier molecular flexibility index (Phi) is 4.89. The maximum absolute atomic E-state index is 11.1. The molecule has 1 heterocycles. The van der Waals surface area contributed by atoms with Gasteiger partial charge < -0.3 is 19.5 Å². The zero-order valence-corrected chi connectivity index (χ0v) is 10.6. The summed E-state index contributed by atoms with van der Waals surface area (Å²) in [6, 6.07) is -0.287. The van der Waals surface area contributed by atoms with Gasteiger partial charge in [0.2, 0.25) is 5.91 Å². The van der Waals surface area contributed by atoms with E-state index in [-0.39, 0.29) is 18.1 Å². The van der Waals surface area contributed by atoms with Crippen LogP contribution in [0.4, 0.5) is 0 Å². The van der Waals surface area contributed by atoms with Crippen LogP contribution in [-0.4, -0.2) is 43.5 Å². The van der Waals surface area contributed by atoms with Crippen molar-refractivity contribution in [3.8, 4) is 0 Å². The third-order valence-corrected chi connectivity index (χ3v) is 2.63. The molecule has 4 atom stereocenters. The fraction of sp³-hybridized carbons (Fsp3) is 0.818. The van der Waals surface area contributed by atoms with Crippen LogP contribution in [0.15, 0.2) is 0 Å². The number of rotatable bonds is 3. The van der Waals surface area contributed by atoms with Gasteiger partial charge in [-0.05, 0) is 6.92 Å². The van der Waals surface area contributed by atoms with Gasteiger partial charge in [0.05, 0.1) is 12.1 Å². The first-order chi connectivity index (χ1) is 7.93. The first kappa shape index (κ1) is 13.9. The van der Waals surface area contributed by atoms with E-state index in [1.165, 1.54) is 21.0 Å². The number of amides is 1. The van der Waals surface area contributed by atoms with Gasteiger partial charge in [-0.25, -0.2) is 0 Å². The second-order valence-corrected chi connectivity index (χ2v) is 4.12. The third-order valence-electron chi connectivity index (χ3n) is 2.63. The minimum absolute atomic E-state index is 0.170. The van der Waals surface area contributed by atoms with Crippen LogP contribution < -0.4 is 5.32 Å². The molecule has 1 rings (SSSR count). The maximum Gasteiger partial charge on any atom is 0.303 e. The van der Waals surface area contributed by atoms with E-state index >= 15 is 0 Å². The lowest BCUT2D eigenvalue weighted by Gasteiger charge is -2.39. The Morgan fingerprint density at radius 3 is 2.47 bits per heavy atom. The van der Waals surface area contributed by atoms with Crippen molar-refractivity contribution in [1.82, 2.24) is 5.32 Å². The number of nitrogens with one attached hydrogen (secondary N) is 1. The number of carbonyl (C=O) groups is 2. The van der Waals surface area contributed by atoms with E-state index < -0.39 is 18.4 Å². The Morgan fingerprint density at radius 1 is 1.35 bits per heavy atom. The second kappa shape index (κ2) is 5.97. The minimum atomic E-state index is -0.484. The van der Waals surface area contributed by atoms with Gasteiger partial charge in [0.15, 0.2) is 6.29 Å². The van der Waals surface area contributed by atoms with Gasteiger partial charge in [-0.15, -0.1) is 0 Å². The Balaban J connectivity index is 2.74. The number of ether oxygens (including phenoxy) is 3. The van der Waals surface area contributed by atoms with E-state index in [0.29, 0.717) is 6.42 Å². The number of hydrogen-bond donors (Lipinski definition) is 1. The molecule has 0 aromatic rings. The van der Waals surface area contributed by atoms with Crippen molar-refractivity contribution in [3.05, 3.63) is 0 Å². The second-order valence-electron chi connectivity index (χ2n) is 4.12. The summed E-state index contributed by atoms with van der Waals surface area (Å²) in [5.41, 5.74) is 0. The summed E-state index contributed by atoms with van der Waals surface area (Å²) in [5.74, 6) is -0.562. The molecule has 1 unspecified atom stereocenters. The summed E-state index contributed by atoms with van der Waals surface area (Å²) in [4.78, 5) is 22.1. The summed E-state index contributed by atoms with van der Waals surface area (Å²) in [5, 5.41) is 2.76. The molecule has 98 valence electrons. The van der Waals surface area contributed by atoms with Crippen molar-refractivity contribution in [2.75, 3.05) is 7.11 Å². The zero-order chi connectivity index (χ0) is 13.0. The van der Waals surface area contributed by atoms with Gasteiger partial charge in [-0.3, -0.25) is 9.59 Å². The van der Waals surface area contributed by atoms with Crippen LogP contribution in [0, 0.1) is 0 Å². The molecule has 0 spiro atoms. The molecule has 0 saturated carbocycles. The molecule has 1 aliphatic heterocycles. The normalized spacial score (nSPS) is 32.9. The molecule has 1 fully saturated rings. The molecule has 1 N–H and O–H groups in total. The van der Waals surface area contributed by atoms with E-state index in [9.17, 15) is 9.59 Å². The quantitative estimate of drug-likeness (QED) is 0.719. The highest BCUT2D eigenvalue weighted by atomic mass is 16.7. The molecular weight excluding hydrogens is 226 g/mol. The molecule has 1 amide bonds. The van der Waals surface area contributed by atoms with Crippen LogP contribution in [0.25, 0.3) is 0 Å². The Hall–Kier alpha value is -1.14. The Bertz CT molecular complexity index is 294. The van der Waals surface area contributed by atoms with Gasteiger partial charge in [0.25, 0.3) is 0 Å². The van der Waals surface area contributed by atoms with E-state index in [2.05, 4.69) is 5.32 Å². The van der Waals surface area contributed by atoms with Crippen molar-refractivity contribution in [1.29, 1.82) is 0 Å². The lowest BCUT2D eigenvalue weighted by molar-refractivity contribution is -0.223. The maximum atomic E-state index is 11.1. The standard InChI is InChI=1S/C11H19NO5/c1-6-11(17-8(3)14)9(12-7(2)13)5-10(15-4)16-6/h6,9-11H,5H2,1-4H3,(H,12,13)/t6-,9+,10?,11+/m0/s1. The largest absolute Gasteiger partial charge is 0.458 e. The first-order valence-corrected chi connectivity index (χ1v) is 5.56. The van der Waals surface area contributed by atoms with Crippen LogP contribution in [0.1, 0.15) is 27.2 Å². The highest BCUT2D eigenvalue weighted by molar-refractivity contribution is 5.73. The molecule has 17 heavy (non-hydrogen) atoms. The first-order valence-electron chi connectivity index (χ1n) is 5.56. The van der Waals surface area contributed by atoms with Crippen molar-refractivity contribution in [3.63, 3.8) is 0 Å². The summed E-state index contributed by atoms with van der Waals surface area (Å²) >= 11 is 0. The number of methoxy groups -OCH3 is 1. The van der Waals surface area contributed by atoms with Gasteiger partial charge in [0, 0.05) is 27.4 Å². The number of esters is 1. The van der Waals surface area contributed by atoms with Crippen LogP contribution in [0.2, 0.25) is 0 Å². The third kappa shape index (κ3) is 3.98. The van der Waals surface area contributed by atoms with Crippen LogP contribution in [0.5, 0.6) is 0 Å². The van der Waals surface area contributed by atoms with Crippen molar-refractivity contribution in [2.45, 2.75) is 51.7 Å². The summed E-state index contributed by atoms with van der Waals surface area (Å²) in [7, 11) is 1.54. The molecule has 0 aromatic carbocycles. The lowest BCUT2D eigenvalue weighted by Crippen LogP contribution is -2.56. The average Bonchev–Trinajstić information content (AvgIpc) is 2.21. The van der Waals surface area contributed by atoms with Gasteiger partial charge in [0.1, 0.15) is 6.10 Å². The minimum Gasteiger partial charge on any atom is -0.458 e. The van der Waals surface area contributed by atoms with Crippen LogP contribution >= 0.6 is 0 Å². The molecule has 0 bridgehead atoms. The molecule has 0 radical (unpaired) electrons. The highest BCUT2D eigenvalue weighted by Crippen LogP contribution is 2.23. The monoisotopic (exact) mass is 245 g/mol. The van der Waals surface area contributed by atoms with Gasteiger partial charge in [-0.1, -0.05) is 0 Å². The van der Waals surface area contributed by atoms with Gasteiger partial charge in [-0.2, -0.15) is 0 Å². The molecule has 0 aliphatic carbocycles. The van der Waals surface area contributed by atoms with E-state index in [1.807, 2.05) is 0 Å². The van der Waals surface area contributed by atoms with E-state index in [0.717, 1.165) is 0 Å². The fourth-order valence-corrected chi connectivity index (χ4v) is 1.96. The zero-order valence-electron chi connectivity index (χ0n) is 10.6. The summed E-state index contributed by atoms with van der Waals surface area (Å²) in [6.07, 6.45) is -0.746. The van der Waals surface area contributed by atoms with Crippen LogP contribution in [-0.2, 0) is 23.8 Å². The molecule has 6 nitrogen and oxygen atoms in total. The molecule has 6 heteroatoms. The van der Waals surface area contributed by atoms with Crippen molar-refractivity contribution in [2.24, 2.45) is 0 Å². The van der Waals surface area contributed by atoms with Gasteiger partial charge >= 0.3 is 5.97 Å². The molecule has 0 aromatic heterocycles. The van der Waals surface area contributed by atoms with E-state index in [1.54, 1.807) is 6.92 Å². The predicted molar refractivity (Wildman–Crippen MR) is 59.1 cm³/mol. The Labute approximate surface area is 101 Å². The van der Waals surface area contributed by atoms with Crippen molar-refractivity contribution >= 4 is 11.9 Å². The van der Waals surface area contributed by atoms with Crippen molar-refractivity contribution < 1.29 is 23.8 Å². The predicted octanol–water partition coefficient (Wildman–Crippen LogP) is 0.204. The summed E-state index contributed by atoms with van der Waals surface area (Å²) in [6.45, 7) is 4.54. The number of hydrogen-bond acceptors (Lipinski definition) is 5. The fourth-order valence-electron chi connectivity index (χ4n) is 1.96. The van der Waals surface area contributed by atoms with E-state index in [4.69, 9.17) is 14.2 Å². The summed E-state index contributed by atoms with van der Waals surface area (Å²) < 4.78 is 15.8. The smallest absolute Gasteiger partial charge is 0.303 e. The molecular formula is C11H19NO5. The SMILES string of the molecule is COC1C[C@@H](NC(C)=O)[C@H](OC(C)=O)[C@H](C)O1. The molecule has 1 saturated heterocycles. The molecule has 1 aliphatic rings.